The molecule has 0 aliphatic rings. The number of methoxy groups -OCH3 is 1. The number of hydrogen-bond acceptors (Lipinski definition) is 3. The van der Waals surface area contributed by atoms with Crippen molar-refractivity contribution in [3.8, 4) is 5.75 Å². The minimum atomic E-state index is -0.0819. The minimum Gasteiger partial charge on any atom is -0.497 e. The molecule has 3 N–H and O–H groups in total. The lowest BCUT2D eigenvalue weighted by Crippen LogP contribution is -2.38. The van der Waals surface area contributed by atoms with E-state index in [-0.39, 0.29) is 5.91 Å². The van der Waals surface area contributed by atoms with Gasteiger partial charge in [0.15, 0.2) is 5.96 Å². The van der Waals surface area contributed by atoms with Gasteiger partial charge >= 0.3 is 0 Å². The highest BCUT2D eigenvalue weighted by atomic mass is 35.5. The quantitative estimate of drug-likeness (QED) is 0.464. The number of guanidine groups is 1. The Morgan fingerprint density at radius 2 is 1.96 bits per heavy atom. The van der Waals surface area contributed by atoms with E-state index in [1.165, 1.54) is 0 Å². The Morgan fingerprint density at radius 1 is 1.18 bits per heavy atom. The van der Waals surface area contributed by atoms with Crippen molar-refractivity contribution in [1.29, 1.82) is 0 Å². The van der Waals surface area contributed by atoms with Crippen LogP contribution in [0.1, 0.15) is 24.5 Å². The summed E-state index contributed by atoms with van der Waals surface area (Å²) in [6.07, 6.45) is 0.315. The Kier molecular flexibility index (Phi) is 8.62. The molecule has 0 aliphatic heterocycles. The molecule has 7 heteroatoms. The van der Waals surface area contributed by atoms with Gasteiger partial charge in [-0.15, -0.1) is 0 Å². The first-order valence-corrected chi connectivity index (χ1v) is 9.61. The third-order valence-corrected chi connectivity index (χ3v) is 4.49. The van der Waals surface area contributed by atoms with Gasteiger partial charge in [0.25, 0.3) is 0 Å². The molecule has 6 nitrogen and oxygen atoms in total. The van der Waals surface area contributed by atoms with Gasteiger partial charge in [-0.25, -0.2) is 4.99 Å². The van der Waals surface area contributed by atoms with Gasteiger partial charge in [0, 0.05) is 30.2 Å². The first-order valence-electron chi connectivity index (χ1n) is 9.23. The number of nitrogens with one attached hydrogen (secondary N) is 3. The predicted octanol–water partition coefficient (Wildman–Crippen LogP) is 3.74. The summed E-state index contributed by atoms with van der Waals surface area (Å²) < 4.78 is 5.23. The van der Waals surface area contributed by atoms with E-state index in [9.17, 15) is 4.79 Å². The topological polar surface area (TPSA) is 74.8 Å². The van der Waals surface area contributed by atoms with Crippen molar-refractivity contribution in [3.63, 3.8) is 0 Å². The fourth-order valence-corrected chi connectivity index (χ4v) is 2.71. The Hall–Kier alpha value is -2.73. The average molecular weight is 403 g/mol. The van der Waals surface area contributed by atoms with Gasteiger partial charge < -0.3 is 20.7 Å². The molecule has 2 aromatic carbocycles. The summed E-state index contributed by atoms with van der Waals surface area (Å²) >= 11 is 6.09. The fraction of sp³-hybridized carbons (Fsp3) is 0.333. The third kappa shape index (κ3) is 6.78. The molecular formula is C21H27ClN4O2. The van der Waals surface area contributed by atoms with E-state index in [0.29, 0.717) is 30.5 Å². The average Bonchev–Trinajstić information content (AvgIpc) is 2.70. The number of aliphatic imine (C=N–C) groups is 1. The molecule has 0 aromatic heterocycles. The molecule has 2 aromatic rings. The summed E-state index contributed by atoms with van der Waals surface area (Å²) in [6, 6.07) is 13.2. The van der Waals surface area contributed by atoms with Crippen LogP contribution >= 0.6 is 11.6 Å². The van der Waals surface area contributed by atoms with Gasteiger partial charge in [-0.2, -0.15) is 0 Å². The van der Waals surface area contributed by atoms with Crippen molar-refractivity contribution in [1.82, 2.24) is 10.6 Å². The van der Waals surface area contributed by atoms with Crippen molar-refractivity contribution in [3.05, 3.63) is 58.6 Å². The maximum Gasteiger partial charge on any atom is 0.226 e. The zero-order valence-electron chi connectivity index (χ0n) is 16.5. The molecule has 0 fully saturated rings. The molecule has 0 unspecified atom stereocenters. The van der Waals surface area contributed by atoms with Crippen LogP contribution in [0.15, 0.2) is 47.5 Å². The van der Waals surface area contributed by atoms with Crippen LogP contribution in [0, 0.1) is 6.92 Å². The van der Waals surface area contributed by atoms with Crippen molar-refractivity contribution < 1.29 is 9.53 Å². The largest absolute Gasteiger partial charge is 0.497 e. The van der Waals surface area contributed by atoms with Crippen molar-refractivity contribution in [2.75, 3.05) is 25.5 Å². The monoisotopic (exact) mass is 402 g/mol. The lowest BCUT2D eigenvalue weighted by Gasteiger charge is -2.12. The van der Waals surface area contributed by atoms with Crippen LogP contribution in [0.2, 0.25) is 5.02 Å². The molecule has 1 amide bonds. The van der Waals surface area contributed by atoms with Gasteiger partial charge in [-0.3, -0.25) is 4.79 Å². The number of halogens is 1. The Morgan fingerprint density at radius 3 is 2.71 bits per heavy atom. The summed E-state index contributed by atoms with van der Waals surface area (Å²) in [5, 5.41) is 9.89. The molecule has 0 aliphatic carbocycles. The second-order valence-corrected chi connectivity index (χ2v) is 6.59. The van der Waals surface area contributed by atoms with E-state index < -0.39 is 0 Å². The Bertz CT molecular complexity index is 824. The summed E-state index contributed by atoms with van der Waals surface area (Å²) in [6.45, 7) is 5.59. The maximum atomic E-state index is 12.2. The van der Waals surface area contributed by atoms with Crippen LogP contribution in [0.4, 0.5) is 5.69 Å². The van der Waals surface area contributed by atoms with Crippen LogP contribution in [0.5, 0.6) is 5.75 Å². The van der Waals surface area contributed by atoms with Crippen LogP contribution in [0.25, 0.3) is 0 Å². The van der Waals surface area contributed by atoms with Gasteiger partial charge in [-0.05, 0) is 49.2 Å². The molecule has 0 radical (unpaired) electrons. The van der Waals surface area contributed by atoms with E-state index >= 15 is 0 Å². The first kappa shape index (κ1) is 21.6. The maximum absolute atomic E-state index is 12.2. The zero-order valence-corrected chi connectivity index (χ0v) is 17.3. The third-order valence-electron chi connectivity index (χ3n) is 4.08. The zero-order chi connectivity index (χ0) is 20.4. The van der Waals surface area contributed by atoms with E-state index in [1.807, 2.05) is 50.2 Å². The van der Waals surface area contributed by atoms with Crippen molar-refractivity contribution >= 4 is 29.2 Å². The first-order chi connectivity index (χ1) is 13.5. The standard InChI is InChI=1S/C21H27ClN4O2/c1-4-23-21(25-14-16-7-5-8-17(13-16)28-3)24-12-11-20(27)26-19-10-6-9-18(22)15(19)2/h5-10,13H,4,11-12,14H2,1-3H3,(H,26,27)(H2,23,24,25). The molecule has 2 rings (SSSR count). The molecule has 28 heavy (non-hydrogen) atoms. The summed E-state index contributed by atoms with van der Waals surface area (Å²) in [4.78, 5) is 16.8. The smallest absolute Gasteiger partial charge is 0.226 e. The van der Waals surface area contributed by atoms with E-state index in [0.717, 1.165) is 29.1 Å². The number of ether oxygens (including phenoxy) is 1. The molecular weight excluding hydrogens is 376 g/mol. The summed E-state index contributed by atoms with van der Waals surface area (Å²) in [5.74, 6) is 1.39. The number of amides is 1. The number of benzene rings is 2. The van der Waals surface area contributed by atoms with Crippen molar-refractivity contribution in [2.45, 2.75) is 26.8 Å². The number of nitrogens with zero attached hydrogens (tertiary/aromatic N) is 1. The number of carbonyl (C=O) groups is 1. The predicted molar refractivity (Wildman–Crippen MR) is 115 cm³/mol. The second-order valence-electron chi connectivity index (χ2n) is 6.18. The van der Waals surface area contributed by atoms with Gasteiger partial charge in [-0.1, -0.05) is 29.8 Å². The van der Waals surface area contributed by atoms with Crippen LogP contribution in [0.3, 0.4) is 0 Å². The molecule has 0 bridgehead atoms. The normalized spacial score (nSPS) is 11.1. The Labute approximate surface area is 171 Å². The Balaban J connectivity index is 1.86. The van der Waals surface area contributed by atoms with Crippen molar-refractivity contribution in [2.24, 2.45) is 4.99 Å². The fourth-order valence-electron chi connectivity index (χ4n) is 2.53. The highest BCUT2D eigenvalue weighted by molar-refractivity contribution is 6.31. The van der Waals surface area contributed by atoms with Crippen LogP contribution in [-0.2, 0) is 11.3 Å². The van der Waals surface area contributed by atoms with E-state index in [2.05, 4.69) is 20.9 Å². The molecule has 0 saturated heterocycles. The lowest BCUT2D eigenvalue weighted by atomic mass is 10.2. The van der Waals surface area contributed by atoms with E-state index in [4.69, 9.17) is 16.3 Å². The lowest BCUT2D eigenvalue weighted by molar-refractivity contribution is -0.116. The van der Waals surface area contributed by atoms with Gasteiger partial charge in [0.2, 0.25) is 5.91 Å². The number of anilines is 1. The van der Waals surface area contributed by atoms with Crippen LogP contribution < -0.4 is 20.7 Å². The van der Waals surface area contributed by atoms with E-state index in [1.54, 1.807) is 13.2 Å². The second kappa shape index (κ2) is 11.2. The molecule has 0 saturated carbocycles. The SMILES string of the molecule is CCNC(=NCc1cccc(OC)c1)NCCC(=O)Nc1cccc(Cl)c1C. The summed E-state index contributed by atoms with van der Waals surface area (Å²) in [7, 11) is 1.64. The summed E-state index contributed by atoms with van der Waals surface area (Å²) in [5.41, 5.74) is 2.64. The number of rotatable bonds is 8. The highest BCUT2D eigenvalue weighted by Gasteiger charge is 2.07. The molecule has 0 atom stereocenters. The minimum absolute atomic E-state index is 0.0819. The molecule has 150 valence electrons. The van der Waals surface area contributed by atoms with Gasteiger partial charge in [0.1, 0.15) is 5.75 Å². The highest BCUT2D eigenvalue weighted by Crippen LogP contribution is 2.22. The molecule has 0 heterocycles. The number of hydrogen-bond donors (Lipinski definition) is 3. The van der Waals surface area contributed by atoms with Crippen LogP contribution in [-0.4, -0.2) is 32.1 Å². The van der Waals surface area contributed by atoms with Gasteiger partial charge in [0.05, 0.1) is 13.7 Å². The number of carbonyl (C=O) groups excluding carboxylic acids is 1. The molecule has 0 spiro atoms.